The van der Waals surface area contributed by atoms with Crippen LogP contribution in [0.25, 0.3) is 0 Å². The maximum Gasteiger partial charge on any atom is 0.265 e. The van der Waals surface area contributed by atoms with Crippen LogP contribution in [0.1, 0.15) is 10.4 Å². The Kier molecular flexibility index (Phi) is 2.09. The van der Waals surface area contributed by atoms with Gasteiger partial charge in [-0.3, -0.25) is 9.59 Å². The quantitative estimate of drug-likeness (QED) is 0.522. The van der Waals surface area contributed by atoms with Crippen molar-refractivity contribution in [2.75, 3.05) is 12.4 Å². The highest BCUT2D eigenvalue weighted by atomic mass is 16.1. The Bertz CT molecular complexity index is 357. The van der Waals surface area contributed by atoms with Gasteiger partial charge in [-0.2, -0.15) is 5.10 Å². The van der Waals surface area contributed by atoms with E-state index in [1.165, 1.54) is 0 Å². The van der Waals surface area contributed by atoms with Crippen LogP contribution in [0.4, 0.5) is 5.82 Å². The van der Waals surface area contributed by atoms with Crippen molar-refractivity contribution in [1.29, 1.82) is 0 Å². The lowest BCUT2D eigenvalue weighted by Gasteiger charge is -2.01. The average Bonchev–Trinajstić information content (AvgIpc) is 2.04. The summed E-state index contributed by atoms with van der Waals surface area (Å²) >= 11 is 0. The van der Waals surface area contributed by atoms with Crippen molar-refractivity contribution in [1.82, 2.24) is 10.2 Å². The van der Waals surface area contributed by atoms with Gasteiger partial charge in [0.25, 0.3) is 11.5 Å². The SMILES string of the molecule is CNc1n[nH]c(=O)cc1C(N)=O. The Morgan fingerprint density at radius 2 is 2.42 bits per heavy atom. The first-order chi connectivity index (χ1) is 5.65. The van der Waals surface area contributed by atoms with Gasteiger partial charge >= 0.3 is 0 Å². The van der Waals surface area contributed by atoms with Gasteiger partial charge in [0.1, 0.15) is 0 Å². The highest BCUT2D eigenvalue weighted by Gasteiger charge is 2.08. The van der Waals surface area contributed by atoms with Crippen LogP contribution in [-0.4, -0.2) is 23.2 Å². The second-order valence-electron chi connectivity index (χ2n) is 2.11. The molecule has 0 unspecified atom stereocenters. The summed E-state index contributed by atoms with van der Waals surface area (Å²) in [6.07, 6.45) is 0. The molecule has 1 amide bonds. The van der Waals surface area contributed by atoms with Crippen LogP contribution in [0, 0.1) is 0 Å². The Morgan fingerprint density at radius 1 is 1.75 bits per heavy atom. The first-order valence-electron chi connectivity index (χ1n) is 3.22. The summed E-state index contributed by atoms with van der Waals surface area (Å²) in [5.41, 5.74) is 4.62. The van der Waals surface area contributed by atoms with E-state index >= 15 is 0 Å². The van der Waals surface area contributed by atoms with Crippen molar-refractivity contribution < 1.29 is 4.79 Å². The van der Waals surface area contributed by atoms with E-state index in [9.17, 15) is 9.59 Å². The van der Waals surface area contributed by atoms with Crippen molar-refractivity contribution in [2.24, 2.45) is 5.73 Å². The lowest BCUT2D eigenvalue weighted by Crippen LogP contribution is -2.19. The molecular formula is C6H8N4O2. The topological polar surface area (TPSA) is 101 Å². The molecule has 0 bridgehead atoms. The third-order valence-electron chi connectivity index (χ3n) is 1.31. The molecule has 1 aromatic heterocycles. The van der Waals surface area contributed by atoms with Crippen molar-refractivity contribution in [3.63, 3.8) is 0 Å². The first-order valence-corrected chi connectivity index (χ1v) is 3.22. The van der Waals surface area contributed by atoms with Gasteiger partial charge in [0.05, 0.1) is 5.56 Å². The predicted molar refractivity (Wildman–Crippen MR) is 42.9 cm³/mol. The highest BCUT2D eigenvalue weighted by molar-refractivity contribution is 5.97. The van der Waals surface area contributed by atoms with Gasteiger partial charge in [0.15, 0.2) is 5.82 Å². The molecule has 0 aliphatic heterocycles. The second-order valence-corrected chi connectivity index (χ2v) is 2.11. The Morgan fingerprint density at radius 3 is 2.92 bits per heavy atom. The van der Waals surface area contributed by atoms with Gasteiger partial charge in [-0.25, -0.2) is 5.10 Å². The zero-order valence-electron chi connectivity index (χ0n) is 6.42. The molecule has 1 heterocycles. The number of H-pyrrole nitrogens is 1. The number of hydrogen-bond donors (Lipinski definition) is 3. The molecule has 64 valence electrons. The van der Waals surface area contributed by atoms with Crippen LogP contribution in [0.5, 0.6) is 0 Å². The van der Waals surface area contributed by atoms with E-state index in [1.54, 1.807) is 7.05 Å². The summed E-state index contributed by atoms with van der Waals surface area (Å²) in [5, 5.41) is 8.36. The van der Waals surface area contributed by atoms with Gasteiger partial charge < -0.3 is 11.1 Å². The van der Waals surface area contributed by atoms with Crippen LogP contribution in [-0.2, 0) is 0 Å². The van der Waals surface area contributed by atoms with E-state index in [4.69, 9.17) is 5.73 Å². The van der Waals surface area contributed by atoms with E-state index in [0.717, 1.165) is 6.07 Å². The number of anilines is 1. The maximum atomic E-state index is 10.7. The molecule has 0 atom stereocenters. The first kappa shape index (κ1) is 8.25. The van der Waals surface area contributed by atoms with Crippen molar-refractivity contribution in [2.45, 2.75) is 0 Å². The van der Waals surface area contributed by atoms with Crippen LogP contribution in [0.15, 0.2) is 10.9 Å². The number of hydrogen-bond acceptors (Lipinski definition) is 4. The van der Waals surface area contributed by atoms with E-state index in [-0.39, 0.29) is 11.4 Å². The Labute approximate surface area is 67.8 Å². The molecule has 6 nitrogen and oxygen atoms in total. The lowest BCUT2D eigenvalue weighted by molar-refractivity contribution is 0.100. The number of aromatic nitrogens is 2. The van der Waals surface area contributed by atoms with Gasteiger partial charge in [-0.1, -0.05) is 0 Å². The number of nitrogens with zero attached hydrogens (tertiary/aromatic N) is 1. The molecule has 0 radical (unpaired) electrons. The minimum atomic E-state index is -0.682. The highest BCUT2D eigenvalue weighted by Crippen LogP contribution is 2.04. The largest absolute Gasteiger partial charge is 0.371 e. The number of carbonyl (C=O) groups is 1. The normalized spacial score (nSPS) is 9.42. The fourth-order valence-electron chi connectivity index (χ4n) is 0.781. The number of nitrogens with two attached hydrogens (primary N) is 1. The number of amides is 1. The zero-order valence-corrected chi connectivity index (χ0v) is 6.42. The smallest absolute Gasteiger partial charge is 0.265 e. The third-order valence-corrected chi connectivity index (χ3v) is 1.31. The number of nitrogens with one attached hydrogen (secondary N) is 2. The third kappa shape index (κ3) is 1.42. The van der Waals surface area contributed by atoms with Gasteiger partial charge in [-0.15, -0.1) is 0 Å². The van der Waals surface area contributed by atoms with Gasteiger partial charge in [0.2, 0.25) is 0 Å². The summed E-state index contributed by atoms with van der Waals surface area (Å²) < 4.78 is 0. The molecule has 6 heteroatoms. The molecular weight excluding hydrogens is 160 g/mol. The van der Waals surface area contributed by atoms with Crippen LogP contribution >= 0.6 is 0 Å². The minimum Gasteiger partial charge on any atom is -0.371 e. The molecule has 0 fully saturated rings. The fraction of sp³-hybridized carbons (Fsp3) is 0.167. The standard InChI is InChI=1S/C6H8N4O2/c1-8-6-3(5(7)12)2-4(11)9-10-6/h2H,1H3,(H2,7,12)(H,8,10)(H,9,11). The molecule has 0 saturated carbocycles. The van der Waals surface area contributed by atoms with Crippen molar-refractivity contribution >= 4 is 11.7 Å². The minimum absolute atomic E-state index is 0.0845. The van der Waals surface area contributed by atoms with Gasteiger partial charge in [0, 0.05) is 13.1 Å². The van der Waals surface area contributed by atoms with Crippen molar-refractivity contribution in [3.8, 4) is 0 Å². The second kappa shape index (κ2) is 3.04. The van der Waals surface area contributed by atoms with E-state index < -0.39 is 11.5 Å². The summed E-state index contributed by atoms with van der Waals surface area (Å²) in [6, 6.07) is 1.10. The fourth-order valence-corrected chi connectivity index (χ4v) is 0.781. The van der Waals surface area contributed by atoms with Crippen LogP contribution in [0.2, 0.25) is 0 Å². The summed E-state index contributed by atoms with van der Waals surface area (Å²) in [4.78, 5) is 21.4. The van der Waals surface area contributed by atoms with E-state index in [0.29, 0.717) is 0 Å². The number of carbonyl (C=O) groups excluding carboxylic acids is 1. The summed E-state index contributed by atoms with van der Waals surface area (Å²) in [7, 11) is 1.58. The van der Waals surface area contributed by atoms with E-state index in [1.807, 2.05) is 0 Å². The molecule has 12 heavy (non-hydrogen) atoms. The average molecular weight is 168 g/mol. The molecule has 0 aliphatic rings. The predicted octanol–water partition coefficient (Wildman–Crippen LogP) is -1.09. The monoisotopic (exact) mass is 168 g/mol. The molecule has 1 aromatic rings. The Hall–Kier alpha value is -1.85. The molecule has 0 aliphatic carbocycles. The molecule has 4 N–H and O–H groups in total. The van der Waals surface area contributed by atoms with Crippen LogP contribution < -0.4 is 16.6 Å². The van der Waals surface area contributed by atoms with Crippen LogP contribution in [0.3, 0.4) is 0 Å². The molecule has 0 spiro atoms. The number of rotatable bonds is 2. The maximum absolute atomic E-state index is 10.7. The van der Waals surface area contributed by atoms with Crippen molar-refractivity contribution in [3.05, 3.63) is 22.0 Å². The molecule has 1 rings (SSSR count). The zero-order chi connectivity index (χ0) is 9.14. The number of primary amides is 1. The molecule has 0 saturated heterocycles. The van der Waals surface area contributed by atoms with E-state index in [2.05, 4.69) is 15.5 Å². The Balaban J connectivity index is 3.31. The summed E-state index contributed by atoms with van der Waals surface area (Å²) in [6.45, 7) is 0. The summed E-state index contributed by atoms with van der Waals surface area (Å²) in [5.74, 6) is -0.417. The number of aromatic amines is 1. The molecule has 0 aromatic carbocycles. The lowest BCUT2D eigenvalue weighted by atomic mass is 10.2. The van der Waals surface area contributed by atoms with Gasteiger partial charge in [-0.05, 0) is 0 Å².